The quantitative estimate of drug-likeness (QED) is 0.891. The smallest absolute Gasteiger partial charge is 0.228 e. The number of amides is 1. The van der Waals surface area contributed by atoms with Crippen molar-refractivity contribution >= 4 is 11.6 Å². The van der Waals surface area contributed by atoms with E-state index < -0.39 is 0 Å². The predicted molar refractivity (Wildman–Crippen MR) is 95.1 cm³/mol. The molecule has 3 heteroatoms. The van der Waals surface area contributed by atoms with Crippen molar-refractivity contribution in [1.29, 1.82) is 0 Å². The van der Waals surface area contributed by atoms with Crippen LogP contribution in [-0.2, 0) is 11.2 Å². The van der Waals surface area contributed by atoms with Gasteiger partial charge in [0.1, 0.15) is 11.4 Å². The Kier molecular flexibility index (Phi) is 5.09. The zero-order chi connectivity index (χ0) is 17.0. The normalized spacial score (nSPS) is 11.2. The van der Waals surface area contributed by atoms with E-state index in [1.54, 1.807) is 0 Å². The van der Waals surface area contributed by atoms with E-state index >= 15 is 0 Å². The number of anilines is 1. The summed E-state index contributed by atoms with van der Waals surface area (Å²) in [5.74, 6) is 0.801. The first-order valence-electron chi connectivity index (χ1n) is 7.87. The van der Waals surface area contributed by atoms with Gasteiger partial charge in [-0.25, -0.2) is 0 Å². The van der Waals surface area contributed by atoms with E-state index in [1.807, 2.05) is 71.0 Å². The van der Waals surface area contributed by atoms with Gasteiger partial charge in [-0.1, -0.05) is 18.2 Å². The minimum atomic E-state index is -0.220. The Balaban J connectivity index is 1.97. The number of carbonyl (C=O) groups is 1. The van der Waals surface area contributed by atoms with Gasteiger partial charge in [0.15, 0.2) is 0 Å². The van der Waals surface area contributed by atoms with Crippen molar-refractivity contribution in [1.82, 2.24) is 0 Å². The lowest BCUT2D eigenvalue weighted by molar-refractivity contribution is -0.115. The molecule has 23 heavy (non-hydrogen) atoms. The lowest BCUT2D eigenvalue weighted by Crippen LogP contribution is -2.22. The molecule has 2 aromatic carbocycles. The first-order chi connectivity index (χ1) is 10.7. The fraction of sp³-hybridized carbons (Fsp3) is 0.350. The number of benzene rings is 2. The molecule has 2 aromatic rings. The van der Waals surface area contributed by atoms with E-state index in [4.69, 9.17) is 4.74 Å². The lowest BCUT2D eigenvalue weighted by atomic mass is 10.1. The van der Waals surface area contributed by atoms with Crippen molar-refractivity contribution in [3.8, 4) is 5.75 Å². The molecule has 0 spiro atoms. The van der Waals surface area contributed by atoms with Crippen LogP contribution in [0, 0.1) is 13.8 Å². The maximum Gasteiger partial charge on any atom is 0.228 e. The molecule has 1 amide bonds. The SMILES string of the molecule is Cc1cc(C)cc(NC(=O)Cc2ccc(OC(C)(C)C)cc2)c1. The van der Waals surface area contributed by atoms with Crippen molar-refractivity contribution < 1.29 is 9.53 Å². The Morgan fingerprint density at radius 3 is 2.09 bits per heavy atom. The molecule has 0 aliphatic carbocycles. The van der Waals surface area contributed by atoms with Gasteiger partial charge in [-0.05, 0) is 75.6 Å². The number of rotatable bonds is 4. The summed E-state index contributed by atoms with van der Waals surface area (Å²) in [5, 5.41) is 2.95. The van der Waals surface area contributed by atoms with Crippen molar-refractivity contribution in [2.24, 2.45) is 0 Å². The van der Waals surface area contributed by atoms with Gasteiger partial charge in [0.25, 0.3) is 0 Å². The Morgan fingerprint density at radius 1 is 1.00 bits per heavy atom. The molecular weight excluding hydrogens is 286 g/mol. The molecule has 0 fully saturated rings. The largest absolute Gasteiger partial charge is 0.488 e. The Morgan fingerprint density at radius 2 is 1.57 bits per heavy atom. The summed E-state index contributed by atoms with van der Waals surface area (Å²) in [6.45, 7) is 10.1. The summed E-state index contributed by atoms with van der Waals surface area (Å²) in [4.78, 5) is 12.2. The molecule has 0 aliphatic rings. The molecule has 0 heterocycles. The standard InChI is InChI=1S/C20H25NO2/c1-14-10-15(2)12-17(11-14)21-19(22)13-16-6-8-18(9-7-16)23-20(3,4)5/h6-12H,13H2,1-5H3,(H,21,22). The number of nitrogens with one attached hydrogen (secondary N) is 1. The van der Waals surface area contributed by atoms with Gasteiger partial charge in [0.05, 0.1) is 6.42 Å². The van der Waals surface area contributed by atoms with Gasteiger partial charge in [-0.3, -0.25) is 4.79 Å². The zero-order valence-electron chi connectivity index (χ0n) is 14.6. The highest BCUT2D eigenvalue weighted by atomic mass is 16.5. The average molecular weight is 311 g/mol. The number of aryl methyl sites for hydroxylation is 2. The highest BCUT2D eigenvalue weighted by Crippen LogP contribution is 2.19. The van der Waals surface area contributed by atoms with E-state index in [-0.39, 0.29) is 11.5 Å². The van der Waals surface area contributed by atoms with Gasteiger partial charge in [-0.2, -0.15) is 0 Å². The second-order valence-corrected chi connectivity index (χ2v) is 6.96. The van der Waals surface area contributed by atoms with Crippen molar-refractivity contribution in [3.63, 3.8) is 0 Å². The minimum absolute atomic E-state index is 0.0144. The van der Waals surface area contributed by atoms with E-state index in [0.29, 0.717) is 6.42 Å². The first kappa shape index (κ1) is 17.1. The van der Waals surface area contributed by atoms with Crippen molar-refractivity contribution in [2.75, 3.05) is 5.32 Å². The molecule has 0 atom stereocenters. The third-order valence-corrected chi connectivity index (χ3v) is 3.22. The summed E-state index contributed by atoms with van der Waals surface area (Å²) in [5.41, 5.74) is 3.88. The Hall–Kier alpha value is -2.29. The van der Waals surface area contributed by atoms with Crippen LogP contribution in [0.5, 0.6) is 5.75 Å². The lowest BCUT2D eigenvalue weighted by Gasteiger charge is -2.21. The third-order valence-electron chi connectivity index (χ3n) is 3.22. The van der Waals surface area contributed by atoms with E-state index in [1.165, 1.54) is 0 Å². The summed E-state index contributed by atoms with van der Waals surface area (Å²) in [6, 6.07) is 13.7. The third kappa shape index (κ3) is 5.78. The van der Waals surface area contributed by atoms with Crippen LogP contribution in [0.15, 0.2) is 42.5 Å². The highest BCUT2D eigenvalue weighted by Gasteiger charge is 2.12. The molecule has 3 nitrogen and oxygen atoms in total. The monoisotopic (exact) mass is 311 g/mol. The van der Waals surface area contributed by atoms with Crippen LogP contribution >= 0.6 is 0 Å². The van der Waals surface area contributed by atoms with Crippen LogP contribution in [0.2, 0.25) is 0 Å². The van der Waals surface area contributed by atoms with Crippen LogP contribution in [0.25, 0.3) is 0 Å². The summed E-state index contributed by atoms with van der Waals surface area (Å²) >= 11 is 0. The number of hydrogen-bond donors (Lipinski definition) is 1. The molecular formula is C20H25NO2. The van der Waals surface area contributed by atoms with Crippen molar-refractivity contribution in [2.45, 2.75) is 46.6 Å². The molecule has 0 radical (unpaired) electrons. The minimum Gasteiger partial charge on any atom is -0.488 e. The molecule has 0 saturated heterocycles. The van der Waals surface area contributed by atoms with Gasteiger partial charge in [0, 0.05) is 5.69 Å². The van der Waals surface area contributed by atoms with Gasteiger partial charge >= 0.3 is 0 Å². The Bertz CT molecular complexity index is 662. The van der Waals surface area contributed by atoms with Crippen LogP contribution in [0.3, 0.4) is 0 Å². The molecule has 0 aromatic heterocycles. The molecule has 122 valence electrons. The molecule has 0 bridgehead atoms. The van der Waals surface area contributed by atoms with Crippen molar-refractivity contribution in [3.05, 3.63) is 59.2 Å². The molecule has 0 saturated carbocycles. The van der Waals surface area contributed by atoms with Crippen LogP contribution in [-0.4, -0.2) is 11.5 Å². The maximum absolute atomic E-state index is 12.2. The van der Waals surface area contributed by atoms with Gasteiger partial charge in [-0.15, -0.1) is 0 Å². The van der Waals surface area contributed by atoms with E-state index in [2.05, 4.69) is 11.4 Å². The fourth-order valence-electron chi connectivity index (χ4n) is 2.47. The van der Waals surface area contributed by atoms with E-state index in [9.17, 15) is 4.79 Å². The second-order valence-electron chi connectivity index (χ2n) is 6.96. The Labute approximate surface area is 138 Å². The molecule has 0 unspecified atom stereocenters. The summed E-state index contributed by atoms with van der Waals surface area (Å²) in [7, 11) is 0. The zero-order valence-corrected chi connectivity index (χ0v) is 14.6. The van der Waals surface area contributed by atoms with Crippen LogP contribution in [0.4, 0.5) is 5.69 Å². The second kappa shape index (κ2) is 6.86. The van der Waals surface area contributed by atoms with Gasteiger partial charge < -0.3 is 10.1 Å². The topological polar surface area (TPSA) is 38.3 Å². The summed E-state index contributed by atoms with van der Waals surface area (Å²) < 4.78 is 5.78. The number of hydrogen-bond acceptors (Lipinski definition) is 2. The van der Waals surface area contributed by atoms with Crippen LogP contribution in [0.1, 0.15) is 37.5 Å². The molecule has 1 N–H and O–H groups in total. The number of carbonyl (C=O) groups excluding carboxylic acids is 1. The maximum atomic E-state index is 12.2. The summed E-state index contributed by atoms with van der Waals surface area (Å²) in [6.07, 6.45) is 0.350. The van der Waals surface area contributed by atoms with E-state index in [0.717, 1.165) is 28.1 Å². The number of ether oxygens (including phenoxy) is 1. The molecule has 0 aliphatic heterocycles. The van der Waals surface area contributed by atoms with Crippen LogP contribution < -0.4 is 10.1 Å². The van der Waals surface area contributed by atoms with Gasteiger partial charge in [0.2, 0.25) is 5.91 Å². The molecule has 2 rings (SSSR count). The average Bonchev–Trinajstić information content (AvgIpc) is 2.38. The predicted octanol–water partition coefficient (Wildman–Crippen LogP) is 4.66. The first-order valence-corrected chi connectivity index (χ1v) is 7.87. The highest BCUT2D eigenvalue weighted by molar-refractivity contribution is 5.92. The fourth-order valence-corrected chi connectivity index (χ4v) is 2.47.